The van der Waals surface area contributed by atoms with Gasteiger partial charge in [0, 0.05) is 18.7 Å². The smallest absolute Gasteiger partial charge is 0.253 e. The van der Waals surface area contributed by atoms with Crippen LogP contribution < -0.4 is 0 Å². The minimum atomic E-state index is -0.121. The van der Waals surface area contributed by atoms with Crippen molar-refractivity contribution in [1.82, 2.24) is 4.90 Å². The highest BCUT2D eigenvalue weighted by Gasteiger charge is 2.43. The predicted molar refractivity (Wildman–Crippen MR) is 75.7 cm³/mol. The van der Waals surface area contributed by atoms with Crippen LogP contribution in [-0.2, 0) is 4.74 Å². The van der Waals surface area contributed by atoms with Gasteiger partial charge in [-0.25, -0.2) is 0 Å². The van der Waals surface area contributed by atoms with Gasteiger partial charge in [-0.1, -0.05) is 6.92 Å². The molecule has 1 N–H and O–H groups in total. The number of piperidine rings is 1. The Bertz CT molecular complexity index is 495. The van der Waals surface area contributed by atoms with Gasteiger partial charge >= 0.3 is 0 Å². The fraction of sp³-hybridized carbons (Fsp3) is 0.562. The van der Waals surface area contributed by atoms with Crippen molar-refractivity contribution in [2.75, 3.05) is 19.7 Å². The first-order chi connectivity index (χ1) is 9.58. The first kappa shape index (κ1) is 13.4. The van der Waals surface area contributed by atoms with Crippen LogP contribution in [0.5, 0.6) is 5.75 Å². The molecule has 108 valence electrons. The fourth-order valence-corrected chi connectivity index (χ4v) is 3.41. The van der Waals surface area contributed by atoms with Crippen LogP contribution in [0.15, 0.2) is 24.3 Å². The molecule has 4 heteroatoms. The summed E-state index contributed by atoms with van der Waals surface area (Å²) in [6.45, 7) is 4.49. The van der Waals surface area contributed by atoms with Gasteiger partial charge in [0.25, 0.3) is 5.91 Å². The molecule has 0 saturated carbocycles. The maximum absolute atomic E-state index is 12.5. The zero-order valence-corrected chi connectivity index (χ0v) is 11.8. The lowest BCUT2D eigenvalue weighted by Gasteiger charge is -2.39. The van der Waals surface area contributed by atoms with E-state index in [2.05, 4.69) is 6.92 Å². The number of nitrogens with zero attached hydrogens (tertiary/aromatic N) is 1. The van der Waals surface area contributed by atoms with E-state index in [0.29, 0.717) is 18.0 Å². The standard InChI is InChI=1S/C16H21NO3/c1-12-9-16(20-10-12)7-2-8-17(11-16)15(19)13-3-5-14(18)6-4-13/h3-6,12,18H,2,7-11H2,1H3/t12-,16-/m0/s1. The molecule has 4 nitrogen and oxygen atoms in total. The summed E-state index contributed by atoms with van der Waals surface area (Å²) in [5, 5.41) is 9.30. The average molecular weight is 275 g/mol. The highest BCUT2D eigenvalue weighted by Crippen LogP contribution is 2.37. The van der Waals surface area contributed by atoms with Crippen molar-refractivity contribution in [2.45, 2.75) is 31.8 Å². The van der Waals surface area contributed by atoms with Crippen LogP contribution in [0.4, 0.5) is 0 Å². The van der Waals surface area contributed by atoms with Crippen molar-refractivity contribution in [3.63, 3.8) is 0 Å². The number of benzene rings is 1. The molecule has 2 saturated heterocycles. The fourth-order valence-electron chi connectivity index (χ4n) is 3.41. The van der Waals surface area contributed by atoms with Crippen molar-refractivity contribution in [2.24, 2.45) is 5.92 Å². The second-order valence-corrected chi connectivity index (χ2v) is 6.18. The largest absolute Gasteiger partial charge is 0.508 e. The molecule has 1 amide bonds. The van der Waals surface area contributed by atoms with Crippen molar-refractivity contribution in [3.8, 4) is 5.75 Å². The Morgan fingerprint density at radius 2 is 2.15 bits per heavy atom. The third-order valence-electron chi connectivity index (χ3n) is 4.34. The maximum Gasteiger partial charge on any atom is 0.253 e. The molecule has 1 aromatic carbocycles. The Labute approximate surface area is 119 Å². The molecule has 2 atom stereocenters. The predicted octanol–water partition coefficient (Wildman–Crippen LogP) is 2.42. The van der Waals surface area contributed by atoms with Crippen LogP contribution in [0.25, 0.3) is 0 Å². The van der Waals surface area contributed by atoms with Crippen LogP contribution in [0.1, 0.15) is 36.5 Å². The molecular formula is C16H21NO3. The molecule has 1 aromatic rings. The van der Waals surface area contributed by atoms with Gasteiger partial charge in [-0.3, -0.25) is 4.79 Å². The highest BCUT2D eigenvalue weighted by molar-refractivity contribution is 5.94. The molecule has 2 fully saturated rings. The molecule has 0 bridgehead atoms. The van der Waals surface area contributed by atoms with E-state index in [1.165, 1.54) is 0 Å². The zero-order valence-electron chi connectivity index (χ0n) is 11.8. The van der Waals surface area contributed by atoms with Gasteiger partial charge < -0.3 is 14.7 Å². The minimum Gasteiger partial charge on any atom is -0.508 e. The van der Waals surface area contributed by atoms with E-state index in [9.17, 15) is 9.90 Å². The number of ether oxygens (including phenoxy) is 1. The average Bonchev–Trinajstić information content (AvgIpc) is 2.79. The quantitative estimate of drug-likeness (QED) is 0.856. The molecule has 3 rings (SSSR count). The number of hydrogen-bond acceptors (Lipinski definition) is 3. The number of likely N-dealkylation sites (tertiary alicyclic amines) is 1. The summed E-state index contributed by atoms with van der Waals surface area (Å²) in [6, 6.07) is 6.47. The number of phenols is 1. The van der Waals surface area contributed by atoms with Gasteiger partial charge in [0.1, 0.15) is 5.75 Å². The summed E-state index contributed by atoms with van der Waals surface area (Å²) in [5.41, 5.74) is 0.510. The Morgan fingerprint density at radius 1 is 1.40 bits per heavy atom. The molecular weight excluding hydrogens is 254 g/mol. The van der Waals surface area contributed by atoms with Crippen LogP contribution in [0, 0.1) is 5.92 Å². The Balaban J connectivity index is 1.73. The summed E-state index contributed by atoms with van der Waals surface area (Å²) in [5.74, 6) is 0.801. The first-order valence-corrected chi connectivity index (χ1v) is 7.30. The summed E-state index contributed by atoms with van der Waals surface area (Å²) >= 11 is 0. The van der Waals surface area contributed by atoms with Gasteiger partial charge in [0.05, 0.1) is 12.2 Å². The number of carbonyl (C=O) groups is 1. The molecule has 0 aliphatic carbocycles. The Kier molecular flexibility index (Phi) is 3.42. The van der Waals surface area contributed by atoms with Crippen molar-refractivity contribution >= 4 is 5.91 Å². The first-order valence-electron chi connectivity index (χ1n) is 7.30. The molecule has 2 aliphatic heterocycles. The second kappa shape index (κ2) is 5.09. The van der Waals surface area contributed by atoms with Gasteiger partial charge in [-0.15, -0.1) is 0 Å². The molecule has 1 spiro atoms. The highest BCUT2D eigenvalue weighted by atomic mass is 16.5. The normalized spacial score (nSPS) is 29.9. The minimum absolute atomic E-state index is 0.0345. The number of hydrogen-bond donors (Lipinski definition) is 1. The molecule has 2 heterocycles. The van der Waals surface area contributed by atoms with Gasteiger partial charge in [-0.2, -0.15) is 0 Å². The van der Waals surface area contributed by atoms with E-state index >= 15 is 0 Å². The lowest BCUT2D eigenvalue weighted by Crippen LogP contribution is -2.50. The van der Waals surface area contributed by atoms with E-state index in [0.717, 1.165) is 32.4 Å². The molecule has 0 unspecified atom stereocenters. The number of rotatable bonds is 1. The van der Waals surface area contributed by atoms with E-state index in [1.807, 2.05) is 4.90 Å². The number of carbonyl (C=O) groups excluding carboxylic acids is 1. The molecule has 0 radical (unpaired) electrons. The van der Waals surface area contributed by atoms with Crippen molar-refractivity contribution in [3.05, 3.63) is 29.8 Å². The van der Waals surface area contributed by atoms with Crippen LogP contribution >= 0.6 is 0 Å². The molecule has 2 aliphatic rings. The topological polar surface area (TPSA) is 49.8 Å². The van der Waals surface area contributed by atoms with Crippen LogP contribution in [-0.4, -0.2) is 41.2 Å². The SMILES string of the molecule is C[C@@H]1CO[C@@]2(CCCN(C(=O)c3ccc(O)cc3)C2)C1. The lowest BCUT2D eigenvalue weighted by atomic mass is 9.87. The third-order valence-corrected chi connectivity index (χ3v) is 4.34. The monoisotopic (exact) mass is 275 g/mol. The van der Waals surface area contributed by atoms with Gasteiger partial charge in [-0.05, 0) is 49.4 Å². The number of amides is 1. The van der Waals surface area contributed by atoms with E-state index in [-0.39, 0.29) is 17.3 Å². The number of phenolic OH excluding ortho intramolecular Hbond substituents is 1. The maximum atomic E-state index is 12.5. The van der Waals surface area contributed by atoms with E-state index < -0.39 is 0 Å². The zero-order chi connectivity index (χ0) is 14.2. The summed E-state index contributed by atoms with van der Waals surface area (Å²) in [4.78, 5) is 14.4. The number of aromatic hydroxyl groups is 1. The van der Waals surface area contributed by atoms with Crippen LogP contribution in [0.3, 0.4) is 0 Å². The Hall–Kier alpha value is -1.55. The second-order valence-electron chi connectivity index (χ2n) is 6.18. The third kappa shape index (κ3) is 2.52. The van der Waals surface area contributed by atoms with E-state index in [1.54, 1.807) is 24.3 Å². The van der Waals surface area contributed by atoms with Crippen LogP contribution in [0.2, 0.25) is 0 Å². The van der Waals surface area contributed by atoms with Crippen molar-refractivity contribution < 1.29 is 14.6 Å². The summed E-state index contributed by atoms with van der Waals surface area (Å²) in [7, 11) is 0. The summed E-state index contributed by atoms with van der Waals surface area (Å²) < 4.78 is 6.00. The van der Waals surface area contributed by atoms with Gasteiger partial charge in [0.15, 0.2) is 0 Å². The van der Waals surface area contributed by atoms with Crippen molar-refractivity contribution in [1.29, 1.82) is 0 Å². The summed E-state index contributed by atoms with van der Waals surface area (Å²) in [6.07, 6.45) is 3.10. The molecule has 20 heavy (non-hydrogen) atoms. The van der Waals surface area contributed by atoms with Gasteiger partial charge in [0.2, 0.25) is 0 Å². The Morgan fingerprint density at radius 3 is 2.80 bits per heavy atom. The molecule has 0 aromatic heterocycles. The van der Waals surface area contributed by atoms with E-state index in [4.69, 9.17) is 4.74 Å². The lowest BCUT2D eigenvalue weighted by molar-refractivity contribution is -0.0449.